The van der Waals surface area contributed by atoms with Crippen LogP contribution in [0.4, 0.5) is 0 Å². The van der Waals surface area contributed by atoms with Crippen molar-refractivity contribution in [2.75, 3.05) is 0 Å². The van der Waals surface area contributed by atoms with Crippen LogP contribution in [0, 0.1) is 0 Å². The minimum absolute atomic E-state index is 0.133. The van der Waals surface area contributed by atoms with Crippen LogP contribution in [0.5, 0.6) is 0 Å². The van der Waals surface area contributed by atoms with Crippen LogP contribution >= 0.6 is 0 Å². The highest BCUT2D eigenvalue weighted by Crippen LogP contribution is 2.13. The molecule has 4 aromatic rings. The minimum Gasteiger partial charge on any atom is -0.454 e. The molecule has 3 aromatic heterocycles. The standard InChI is InChI=1S/C21H23N7O4/c1-3-4-9-28-18-17(19(29)25-21(28)31)26(2)16(24-18)11-32-20(30)15-7-5-14(6-8-15)10-27-13-22-12-23-27/h5-8,12-13H,3-4,9-11H2,1-2H3,(H,25,29,31). The molecule has 0 amide bonds. The van der Waals surface area contributed by atoms with Gasteiger partial charge in [0.25, 0.3) is 5.56 Å². The lowest BCUT2D eigenvalue weighted by molar-refractivity contribution is 0.0459. The van der Waals surface area contributed by atoms with Crippen LogP contribution in [-0.4, -0.2) is 39.8 Å². The van der Waals surface area contributed by atoms with Crippen molar-refractivity contribution < 1.29 is 9.53 Å². The zero-order valence-electron chi connectivity index (χ0n) is 17.8. The topological polar surface area (TPSA) is 130 Å². The Morgan fingerprint density at radius 3 is 2.66 bits per heavy atom. The van der Waals surface area contributed by atoms with Gasteiger partial charge in [-0.2, -0.15) is 5.10 Å². The Bertz CT molecular complexity index is 1350. The second-order valence-corrected chi connectivity index (χ2v) is 7.39. The molecule has 0 bridgehead atoms. The number of carbonyl (C=O) groups excluding carboxylic acids is 1. The van der Waals surface area contributed by atoms with Crippen LogP contribution in [0.2, 0.25) is 0 Å². The van der Waals surface area contributed by atoms with Crippen LogP contribution in [0.25, 0.3) is 11.2 Å². The Morgan fingerprint density at radius 2 is 1.97 bits per heavy atom. The Kier molecular flexibility index (Phi) is 5.97. The second kappa shape index (κ2) is 9.00. The van der Waals surface area contributed by atoms with Crippen LogP contribution in [0.15, 0.2) is 46.5 Å². The molecule has 0 fully saturated rings. The summed E-state index contributed by atoms with van der Waals surface area (Å²) in [5.74, 6) is -0.140. The molecule has 166 valence electrons. The number of ether oxygens (including phenoxy) is 1. The Morgan fingerprint density at radius 1 is 1.19 bits per heavy atom. The Hall–Kier alpha value is -4.02. The average Bonchev–Trinajstić information content (AvgIpc) is 3.40. The number of nitrogens with zero attached hydrogens (tertiary/aromatic N) is 6. The fraction of sp³-hybridized carbons (Fsp3) is 0.333. The summed E-state index contributed by atoms with van der Waals surface area (Å²) < 4.78 is 10.1. The minimum atomic E-state index is -0.520. The van der Waals surface area contributed by atoms with Crippen molar-refractivity contribution in [3.8, 4) is 0 Å². The van der Waals surface area contributed by atoms with E-state index in [0.29, 0.717) is 30.1 Å². The highest BCUT2D eigenvalue weighted by Gasteiger charge is 2.18. The molecule has 0 saturated heterocycles. The molecule has 4 rings (SSSR count). The molecule has 0 aliphatic rings. The molecular weight excluding hydrogens is 414 g/mol. The van der Waals surface area contributed by atoms with Crippen LogP contribution in [-0.2, 0) is 31.5 Å². The molecule has 0 aliphatic heterocycles. The SMILES string of the molecule is CCCCn1c(=O)[nH]c(=O)c2c1nc(COC(=O)c1ccc(Cn3cncn3)cc1)n2C. The van der Waals surface area contributed by atoms with Gasteiger partial charge in [0.2, 0.25) is 0 Å². The molecule has 0 radical (unpaired) electrons. The maximum absolute atomic E-state index is 12.5. The van der Waals surface area contributed by atoms with E-state index >= 15 is 0 Å². The third-order valence-electron chi connectivity index (χ3n) is 5.17. The fourth-order valence-electron chi connectivity index (χ4n) is 3.41. The van der Waals surface area contributed by atoms with E-state index in [2.05, 4.69) is 20.1 Å². The second-order valence-electron chi connectivity index (χ2n) is 7.39. The lowest BCUT2D eigenvalue weighted by Gasteiger charge is -2.06. The summed E-state index contributed by atoms with van der Waals surface area (Å²) in [5.41, 5.74) is 0.898. The number of esters is 1. The quantitative estimate of drug-likeness (QED) is 0.410. The smallest absolute Gasteiger partial charge is 0.338 e. The van der Waals surface area contributed by atoms with Gasteiger partial charge in [-0.3, -0.25) is 14.3 Å². The lowest BCUT2D eigenvalue weighted by Crippen LogP contribution is -2.31. The molecule has 0 unspecified atom stereocenters. The van der Waals surface area contributed by atoms with E-state index in [1.165, 1.54) is 10.9 Å². The first-order valence-corrected chi connectivity index (χ1v) is 10.2. The number of aryl methyl sites for hydroxylation is 2. The molecule has 0 spiro atoms. The first-order chi connectivity index (χ1) is 15.5. The predicted octanol–water partition coefficient (Wildman–Crippen LogP) is 1.22. The van der Waals surface area contributed by atoms with E-state index < -0.39 is 17.2 Å². The molecular formula is C21H23N7O4. The van der Waals surface area contributed by atoms with E-state index in [-0.39, 0.29) is 12.1 Å². The summed E-state index contributed by atoms with van der Waals surface area (Å²) in [6.45, 7) is 2.87. The largest absolute Gasteiger partial charge is 0.454 e. The van der Waals surface area contributed by atoms with E-state index in [4.69, 9.17) is 4.74 Å². The number of unbranched alkanes of at least 4 members (excludes halogenated alkanes) is 1. The number of imidazole rings is 1. The maximum atomic E-state index is 12.5. The zero-order valence-corrected chi connectivity index (χ0v) is 17.8. The molecule has 1 aromatic carbocycles. The number of rotatable bonds is 8. The van der Waals surface area contributed by atoms with Gasteiger partial charge < -0.3 is 9.30 Å². The summed E-state index contributed by atoms with van der Waals surface area (Å²) in [6, 6.07) is 6.99. The summed E-state index contributed by atoms with van der Waals surface area (Å²) in [6.07, 6.45) is 4.74. The van der Waals surface area contributed by atoms with Gasteiger partial charge in [0.15, 0.2) is 11.2 Å². The average molecular weight is 437 g/mol. The zero-order chi connectivity index (χ0) is 22.7. The summed E-state index contributed by atoms with van der Waals surface area (Å²) in [5, 5.41) is 4.05. The van der Waals surface area contributed by atoms with Crippen LogP contribution < -0.4 is 11.2 Å². The number of fused-ring (bicyclic) bond motifs is 1. The van der Waals surface area contributed by atoms with E-state index in [1.54, 1.807) is 34.8 Å². The molecule has 11 nitrogen and oxygen atoms in total. The molecule has 0 atom stereocenters. The van der Waals surface area contributed by atoms with Crippen molar-refractivity contribution in [2.24, 2.45) is 7.05 Å². The fourth-order valence-corrected chi connectivity index (χ4v) is 3.41. The third kappa shape index (κ3) is 4.22. The van der Waals surface area contributed by atoms with Gasteiger partial charge in [0.1, 0.15) is 25.1 Å². The van der Waals surface area contributed by atoms with Gasteiger partial charge >= 0.3 is 11.7 Å². The summed E-state index contributed by atoms with van der Waals surface area (Å²) in [7, 11) is 1.65. The molecule has 1 N–H and O–H groups in total. The number of nitrogens with one attached hydrogen (secondary N) is 1. The van der Waals surface area contributed by atoms with Crippen molar-refractivity contribution in [2.45, 2.75) is 39.5 Å². The number of hydrogen-bond donors (Lipinski definition) is 1. The lowest BCUT2D eigenvalue weighted by atomic mass is 10.1. The van der Waals surface area contributed by atoms with Gasteiger partial charge in [0, 0.05) is 13.6 Å². The van der Waals surface area contributed by atoms with Crippen molar-refractivity contribution in [1.82, 2.24) is 33.9 Å². The van der Waals surface area contributed by atoms with Crippen molar-refractivity contribution in [3.63, 3.8) is 0 Å². The van der Waals surface area contributed by atoms with Crippen molar-refractivity contribution in [1.29, 1.82) is 0 Å². The maximum Gasteiger partial charge on any atom is 0.338 e. The molecule has 11 heteroatoms. The van der Waals surface area contributed by atoms with Gasteiger partial charge in [-0.05, 0) is 24.1 Å². The highest BCUT2D eigenvalue weighted by molar-refractivity contribution is 5.89. The summed E-state index contributed by atoms with van der Waals surface area (Å²) >= 11 is 0. The highest BCUT2D eigenvalue weighted by atomic mass is 16.5. The number of H-pyrrole nitrogens is 1. The molecule has 0 aliphatic carbocycles. The number of aromatic nitrogens is 7. The van der Waals surface area contributed by atoms with Crippen LogP contribution in [0.1, 0.15) is 41.5 Å². The first-order valence-electron chi connectivity index (χ1n) is 10.2. The van der Waals surface area contributed by atoms with Gasteiger partial charge in [-0.25, -0.2) is 24.2 Å². The van der Waals surface area contributed by atoms with Gasteiger partial charge in [0.05, 0.1) is 12.1 Å². The normalized spacial score (nSPS) is 11.2. The predicted molar refractivity (Wildman–Crippen MR) is 115 cm³/mol. The first kappa shape index (κ1) is 21.2. The monoisotopic (exact) mass is 437 g/mol. The Labute approximate surface area is 182 Å². The third-order valence-corrected chi connectivity index (χ3v) is 5.17. The number of benzene rings is 1. The number of carbonyl (C=O) groups is 1. The van der Waals surface area contributed by atoms with Crippen LogP contribution in [0.3, 0.4) is 0 Å². The molecule has 32 heavy (non-hydrogen) atoms. The van der Waals surface area contributed by atoms with Crippen molar-refractivity contribution in [3.05, 3.63) is 74.7 Å². The number of hydrogen-bond acceptors (Lipinski definition) is 7. The van der Waals surface area contributed by atoms with Gasteiger partial charge in [-0.1, -0.05) is 25.5 Å². The summed E-state index contributed by atoms with van der Waals surface area (Å²) in [4.78, 5) is 47.7. The molecule has 0 saturated carbocycles. The van der Waals surface area contributed by atoms with Gasteiger partial charge in [-0.15, -0.1) is 0 Å². The van der Waals surface area contributed by atoms with E-state index in [9.17, 15) is 14.4 Å². The van der Waals surface area contributed by atoms with E-state index in [0.717, 1.165) is 18.4 Å². The van der Waals surface area contributed by atoms with Crippen molar-refractivity contribution >= 4 is 17.1 Å². The Balaban J connectivity index is 1.50. The molecule has 3 heterocycles. The number of aromatic amines is 1. The van der Waals surface area contributed by atoms with E-state index in [1.807, 2.05) is 19.1 Å².